The second-order valence-electron chi connectivity index (χ2n) is 5.39. The molecule has 0 spiro atoms. The zero-order valence-corrected chi connectivity index (χ0v) is 16.2. The van der Waals surface area contributed by atoms with Crippen molar-refractivity contribution in [3.63, 3.8) is 0 Å². The number of anilines is 1. The molecule has 0 atom stereocenters. The van der Waals surface area contributed by atoms with Gasteiger partial charge in [-0.2, -0.15) is 0 Å². The molecular weight excluding hydrogens is 396 g/mol. The molecule has 2 aromatic carbocycles. The van der Waals surface area contributed by atoms with Gasteiger partial charge in [-0.15, -0.1) is 11.8 Å². The Balaban J connectivity index is 1.78. The lowest BCUT2D eigenvalue weighted by molar-refractivity contribution is -0.116. The number of thioether (sulfide) groups is 1. The number of rotatable bonds is 7. The number of hydrogen-bond acceptors (Lipinski definition) is 5. The molecule has 0 saturated carbocycles. The molecule has 2 N–H and O–H groups in total. The molecule has 26 heavy (non-hydrogen) atoms. The van der Waals surface area contributed by atoms with Crippen LogP contribution in [0.25, 0.3) is 0 Å². The van der Waals surface area contributed by atoms with Crippen molar-refractivity contribution in [1.29, 1.82) is 0 Å². The monoisotopic (exact) mass is 412 g/mol. The smallest absolute Gasteiger partial charge is 0.264 e. The van der Waals surface area contributed by atoms with Crippen molar-refractivity contribution in [2.24, 2.45) is 0 Å². The van der Waals surface area contributed by atoms with Gasteiger partial charge in [0.2, 0.25) is 11.8 Å². The van der Waals surface area contributed by atoms with Gasteiger partial charge in [0.25, 0.3) is 10.0 Å². The SMILES string of the molecule is Cc1ccc(S(=O)(=O)NC(=O)CSCC(=O)Nc2ccc(Cl)cc2)cc1. The Bertz CT molecular complexity index is 882. The van der Waals surface area contributed by atoms with Crippen LogP contribution in [0.4, 0.5) is 5.69 Å². The summed E-state index contributed by atoms with van der Waals surface area (Å²) in [5.74, 6) is -1.12. The van der Waals surface area contributed by atoms with Crippen molar-refractivity contribution in [3.8, 4) is 0 Å². The highest BCUT2D eigenvalue weighted by atomic mass is 35.5. The number of carbonyl (C=O) groups excluding carboxylic acids is 2. The predicted molar refractivity (Wildman–Crippen MR) is 104 cm³/mol. The van der Waals surface area contributed by atoms with Gasteiger partial charge >= 0.3 is 0 Å². The standard InChI is InChI=1S/C17H17ClN2O4S2/c1-12-2-8-15(9-3-12)26(23,24)20-17(22)11-25-10-16(21)19-14-6-4-13(18)5-7-14/h2-9H,10-11H2,1H3,(H,19,21)(H,20,22). The van der Waals surface area contributed by atoms with Gasteiger partial charge in [-0.3, -0.25) is 9.59 Å². The van der Waals surface area contributed by atoms with Gasteiger partial charge in [-0.1, -0.05) is 29.3 Å². The van der Waals surface area contributed by atoms with E-state index >= 15 is 0 Å². The zero-order valence-electron chi connectivity index (χ0n) is 13.9. The summed E-state index contributed by atoms with van der Waals surface area (Å²) in [5, 5.41) is 3.21. The summed E-state index contributed by atoms with van der Waals surface area (Å²) in [5.41, 5.74) is 1.50. The maximum absolute atomic E-state index is 12.1. The van der Waals surface area contributed by atoms with Crippen LogP contribution < -0.4 is 10.0 Å². The van der Waals surface area contributed by atoms with Gasteiger partial charge < -0.3 is 5.32 Å². The fourth-order valence-electron chi connectivity index (χ4n) is 1.92. The minimum atomic E-state index is -3.91. The first-order chi connectivity index (χ1) is 12.3. The Hall–Kier alpha value is -2.03. The Labute approximate surface area is 161 Å². The third kappa shape index (κ3) is 6.36. The molecule has 2 aromatic rings. The topological polar surface area (TPSA) is 92.3 Å². The van der Waals surface area contributed by atoms with Gasteiger partial charge in [-0.05, 0) is 43.3 Å². The molecule has 9 heteroatoms. The van der Waals surface area contributed by atoms with E-state index in [0.717, 1.165) is 17.3 Å². The van der Waals surface area contributed by atoms with Crippen molar-refractivity contribution in [1.82, 2.24) is 4.72 Å². The summed E-state index contributed by atoms with van der Waals surface area (Å²) in [6.07, 6.45) is 0. The molecule has 0 fully saturated rings. The van der Waals surface area contributed by atoms with Crippen molar-refractivity contribution >= 4 is 50.9 Å². The molecule has 0 aliphatic carbocycles. The van der Waals surface area contributed by atoms with Crippen LogP contribution in [0.5, 0.6) is 0 Å². The first-order valence-corrected chi connectivity index (χ1v) is 10.5. The van der Waals surface area contributed by atoms with Crippen molar-refractivity contribution in [2.45, 2.75) is 11.8 Å². The van der Waals surface area contributed by atoms with Crippen LogP contribution in [0.15, 0.2) is 53.4 Å². The lowest BCUT2D eigenvalue weighted by Crippen LogP contribution is -2.32. The van der Waals surface area contributed by atoms with E-state index in [-0.39, 0.29) is 22.3 Å². The summed E-state index contributed by atoms with van der Waals surface area (Å²) >= 11 is 6.78. The predicted octanol–water partition coefficient (Wildman–Crippen LogP) is 2.83. The Morgan fingerprint density at radius 2 is 1.54 bits per heavy atom. The molecule has 0 aromatic heterocycles. The fourth-order valence-corrected chi connectivity index (χ4v) is 3.74. The van der Waals surface area contributed by atoms with Gasteiger partial charge in [0.15, 0.2) is 0 Å². The number of hydrogen-bond donors (Lipinski definition) is 2. The number of nitrogens with one attached hydrogen (secondary N) is 2. The summed E-state index contributed by atoms with van der Waals surface area (Å²) in [7, 11) is -3.91. The van der Waals surface area contributed by atoms with E-state index in [9.17, 15) is 18.0 Å². The number of amides is 2. The normalized spacial score (nSPS) is 11.0. The maximum atomic E-state index is 12.1. The summed E-state index contributed by atoms with van der Waals surface area (Å²) in [6.45, 7) is 1.83. The van der Waals surface area contributed by atoms with E-state index in [0.29, 0.717) is 10.7 Å². The number of carbonyl (C=O) groups is 2. The number of sulfonamides is 1. The molecule has 138 valence electrons. The second-order valence-corrected chi connectivity index (χ2v) is 8.49. The molecule has 2 rings (SSSR count). The lowest BCUT2D eigenvalue weighted by Gasteiger charge is -2.08. The molecule has 0 heterocycles. The van der Waals surface area contributed by atoms with Gasteiger partial charge in [0.05, 0.1) is 16.4 Å². The van der Waals surface area contributed by atoms with Crippen LogP contribution in [0, 0.1) is 6.92 Å². The van der Waals surface area contributed by atoms with Crippen molar-refractivity contribution < 1.29 is 18.0 Å². The minimum Gasteiger partial charge on any atom is -0.325 e. The van der Waals surface area contributed by atoms with Gasteiger partial charge in [0.1, 0.15) is 0 Å². The third-order valence-corrected chi connectivity index (χ3v) is 5.75. The third-order valence-electron chi connectivity index (χ3n) is 3.17. The Morgan fingerprint density at radius 3 is 2.15 bits per heavy atom. The fraction of sp³-hybridized carbons (Fsp3) is 0.176. The lowest BCUT2D eigenvalue weighted by atomic mass is 10.2. The molecule has 6 nitrogen and oxygen atoms in total. The van der Waals surface area contributed by atoms with E-state index in [4.69, 9.17) is 11.6 Å². The zero-order chi connectivity index (χ0) is 19.2. The van der Waals surface area contributed by atoms with Crippen molar-refractivity contribution in [2.75, 3.05) is 16.8 Å². The minimum absolute atomic E-state index is 0.0145. The molecule has 0 aliphatic rings. The van der Waals surface area contributed by atoms with E-state index in [2.05, 4.69) is 5.32 Å². The molecule has 0 radical (unpaired) electrons. The molecule has 0 bridgehead atoms. The van der Waals surface area contributed by atoms with Gasteiger partial charge in [0, 0.05) is 10.7 Å². The maximum Gasteiger partial charge on any atom is 0.264 e. The van der Waals surface area contributed by atoms with E-state index in [1.165, 1.54) is 12.1 Å². The number of halogens is 1. The van der Waals surface area contributed by atoms with E-state index < -0.39 is 15.9 Å². The largest absolute Gasteiger partial charge is 0.325 e. The Morgan fingerprint density at radius 1 is 0.962 bits per heavy atom. The van der Waals surface area contributed by atoms with Crippen LogP contribution >= 0.6 is 23.4 Å². The number of benzene rings is 2. The van der Waals surface area contributed by atoms with Crippen LogP contribution in [0.3, 0.4) is 0 Å². The number of aryl methyl sites for hydroxylation is 1. The van der Waals surface area contributed by atoms with Crippen LogP contribution in [0.2, 0.25) is 5.02 Å². The first-order valence-electron chi connectivity index (χ1n) is 7.52. The second kappa shape index (κ2) is 9.07. The van der Waals surface area contributed by atoms with Crippen molar-refractivity contribution in [3.05, 3.63) is 59.1 Å². The Kier molecular flexibility index (Phi) is 7.07. The summed E-state index contributed by atoms with van der Waals surface area (Å²) < 4.78 is 26.2. The first kappa shape index (κ1) is 20.3. The molecule has 0 aliphatic heterocycles. The van der Waals surface area contributed by atoms with E-state index in [1.54, 1.807) is 36.4 Å². The highest BCUT2D eigenvalue weighted by molar-refractivity contribution is 8.00. The average molecular weight is 413 g/mol. The summed E-state index contributed by atoms with van der Waals surface area (Å²) in [6, 6.07) is 12.8. The summed E-state index contributed by atoms with van der Waals surface area (Å²) in [4.78, 5) is 23.6. The molecule has 0 saturated heterocycles. The molecule has 2 amide bonds. The molecule has 0 unspecified atom stereocenters. The van der Waals surface area contributed by atoms with Crippen LogP contribution in [0.1, 0.15) is 5.56 Å². The van der Waals surface area contributed by atoms with E-state index in [1.807, 2.05) is 11.6 Å². The van der Waals surface area contributed by atoms with Crippen LogP contribution in [-0.4, -0.2) is 31.7 Å². The molecular formula is C17H17ClN2O4S2. The quantitative estimate of drug-likeness (QED) is 0.729. The van der Waals surface area contributed by atoms with Crippen LogP contribution in [-0.2, 0) is 19.6 Å². The van der Waals surface area contributed by atoms with Gasteiger partial charge in [-0.25, -0.2) is 13.1 Å². The highest BCUT2D eigenvalue weighted by Gasteiger charge is 2.17. The highest BCUT2D eigenvalue weighted by Crippen LogP contribution is 2.14. The average Bonchev–Trinajstić information content (AvgIpc) is 2.57.